The van der Waals surface area contributed by atoms with Crippen LogP contribution >= 0.6 is 0 Å². The van der Waals surface area contributed by atoms with Gasteiger partial charge in [0.25, 0.3) is 5.91 Å². The number of aromatic nitrogens is 3. The monoisotopic (exact) mass is 438 g/mol. The van der Waals surface area contributed by atoms with Crippen LogP contribution in [0.15, 0.2) is 24.4 Å². The number of hydrogen-bond donors (Lipinski definition) is 1. The van der Waals surface area contributed by atoms with Crippen molar-refractivity contribution in [2.24, 2.45) is 0 Å². The highest BCUT2D eigenvalue weighted by atomic mass is 19.4. The Labute approximate surface area is 175 Å². The molecule has 0 bridgehead atoms. The average molecular weight is 438 g/mol. The van der Waals surface area contributed by atoms with E-state index in [0.29, 0.717) is 17.5 Å². The summed E-state index contributed by atoms with van der Waals surface area (Å²) in [6, 6.07) is 3.81. The molecule has 0 spiro atoms. The molecule has 166 valence electrons. The molecule has 0 aliphatic heterocycles. The molecule has 31 heavy (non-hydrogen) atoms. The molecule has 2 aromatic heterocycles. The maximum Gasteiger partial charge on any atom is 0.433 e. The van der Waals surface area contributed by atoms with Gasteiger partial charge in [0.15, 0.2) is 22.8 Å². The van der Waals surface area contributed by atoms with Crippen LogP contribution < -0.4 is 19.5 Å². The Morgan fingerprint density at radius 2 is 1.74 bits per heavy atom. The topological polar surface area (TPSA) is 87.0 Å². The Morgan fingerprint density at radius 1 is 1.10 bits per heavy atom. The number of carbonyl (C=O) groups is 1. The smallest absolute Gasteiger partial charge is 0.433 e. The number of ether oxygens (including phenoxy) is 3. The lowest BCUT2D eigenvalue weighted by Gasteiger charge is -2.15. The van der Waals surface area contributed by atoms with Crippen LogP contribution in [0, 0.1) is 0 Å². The molecule has 8 nitrogen and oxygen atoms in total. The second kappa shape index (κ2) is 8.70. The maximum absolute atomic E-state index is 13.8. The highest BCUT2D eigenvalue weighted by Crippen LogP contribution is 2.42. The molecule has 0 saturated carbocycles. The van der Waals surface area contributed by atoms with Gasteiger partial charge in [0, 0.05) is 12.1 Å². The molecule has 3 rings (SSSR count). The summed E-state index contributed by atoms with van der Waals surface area (Å²) in [7, 11) is 4.21. The average Bonchev–Trinajstić information content (AvgIpc) is 3.18. The predicted molar refractivity (Wildman–Crippen MR) is 106 cm³/mol. The quantitative estimate of drug-likeness (QED) is 0.607. The first-order chi connectivity index (χ1) is 14.7. The number of alkyl halides is 3. The number of halogens is 3. The third-order valence-electron chi connectivity index (χ3n) is 4.50. The molecule has 0 saturated heterocycles. The summed E-state index contributed by atoms with van der Waals surface area (Å²) >= 11 is 0. The lowest BCUT2D eigenvalue weighted by molar-refractivity contribution is -0.142. The van der Waals surface area contributed by atoms with E-state index in [1.54, 1.807) is 0 Å². The zero-order valence-electron chi connectivity index (χ0n) is 17.3. The van der Waals surface area contributed by atoms with Crippen LogP contribution in [-0.2, 0) is 6.18 Å². The summed E-state index contributed by atoms with van der Waals surface area (Å²) in [4.78, 5) is 16.7. The van der Waals surface area contributed by atoms with Crippen LogP contribution in [0.4, 0.5) is 13.2 Å². The van der Waals surface area contributed by atoms with Gasteiger partial charge < -0.3 is 19.5 Å². The summed E-state index contributed by atoms with van der Waals surface area (Å²) in [6.07, 6.45) is -3.00. The normalized spacial score (nSPS) is 11.5. The molecule has 0 aliphatic rings. The SMILES string of the molecule is CCCNC(=O)c1cnn2c(C(F)(F)F)cc(-c3cc(OC)c(OC)c(OC)c3)nc12. The molecule has 3 aromatic rings. The second-order valence-electron chi connectivity index (χ2n) is 6.49. The fourth-order valence-electron chi connectivity index (χ4n) is 3.04. The zero-order chi connectivity index (χ0) is 22.8. The number of methoxy groups -OCH3 is 3. The van der Waals surface area contributed by atoms with Gasteiger partial charge in [0.2, 0.25) is 5.75 Å². The van der Waals surface area contributed by atoms with Crippen LogP contribution in [-0.4, -0.2) is 48.4 Å². The molecule has 0 aliphatic carbocycles. The van der Waals surface area contributed by atoms with E-state index in [9.17, 15) is 18.0 Å². The van der Waals surface area contributed by atoms with Gasteiger partial charge in [-0.15, -0.1) is 0 Å². The first-order valence-electron chi connectivity index (χ1n) is 9.29. The van der Waals surface area contributed by atoms with Crippen molar-refractivity contribution in [3.63, 3.8) is 0 Å². The van der Waals surface area contributed by atoms with E-state index in [-0.39, 0.29) is 39.7 Å². The first-order valence-corrected chi connectivity index (χ1v) is 9.29. The summed E-state index contributed by atoms with van der Waals surface area (Å²) in [5, 5.41) is 6.37. The largest absolute Gasteiger partial charge is 0.493 e. The highest BCUT2D eigenvalue weighted by molar-refractivity contribution is 5.99. The van der Waals surface area contributed by atoms with Crippen molar-refractivity contribution in [3.8, 4) is 28.5 Å². The maximum atomic E-state index is 13.8. The molecule has 1 N–H and O–H groups in total. The van der Waals surface area contributed by atoms with E-state index < -0.39 is 17.8 Å². The van der Waals surface area contributed by atoms with Gasteiger partial charge in [-0.05, 0) is 24.6 Å². The molecule has 0 atom stereocenters. The Balaban J connectivity index is 2.27. The third kappa shape index (κ3) is 4.21. The number of hydrogen-bond acceptors (Lipinski definition) is 6. The van der Waals surface area contributed by atoms with Crippen LogP contribution in [0.5, 0.6) is 17.2 Å². The molecule has 11 heteroatoms. The number of carbonyl (C=O) groups excluding carboxylic acids is 1. The summed E-state index contributed by atoms with van der Waals surface area (Å²) in [5.74, 6) is 0.234. The molecule has 1 amide bonds. The van der Waals surface area contributed by atoms with Crippen molar-refractivity contribution in [1.82, 2.24) is 19.9 Å². The van der Waals surface area contributed by atoms with Crippen LogP contribution in [0.3, 0.4) is 0 Å². The van der Waals surface area contributed by atoms with Gasteiger partial charge >= 0.3 is 6.18 Å². The Hall–Kier alpha value is -3.50. The zero-order valence-corrected chi connectivity index (χ0v) is 17.3. The lowest BCUT2D eigenvalue weighted by atomic mass is 10.1. The molecular formula is C20H21F3N4O4. The van der Waals surface area contributed by atoms with Crippen LogP contribution in [0.25, 0.3) is 16.9 Å². The Bertz CT molecular complexity index is 1090. The van der Waals surface area contributed by atoms with Gasteiger partial charge in [0.1, 0.15) is 5.56 Å². The van der Waals surface area contributed by atoms with E-state index in [2.05, 4.69) is 15.4 Å². The van der Waals surface area contributed by atoms with Crippen molar-refractivity contribution in [1.29, 1.82) is 0 Å². The number of rotatable bonds is 7. The minimum absolute atomic E-state index is 0.0379. The minimum atomic E-state index is -4.74. The number of nitrogens with zero attached hydrogens (tertiary/aromatic N) is 3. The molecule has 1 aromatic carbocycles. The standard InChI is InChI=1S/C20H21F3N4O4/c1-5-6-24-19(28)12-10-25-27-16(20(21,22)23)9-13(26-18(12)27)11-7-14(29-2)17(31-4)15(8-11)30-3/h7-10H,5-6H2,1-4H3,(H,24,28). The fourth-order valence-corrected chi connectivity index (χ4v) is 3.04. The summed E-state index contributed by atoms with van der Waals surface area (Å²) in [5.41, 5.74) is -1.11. The molecule has 0 radical (unpaired) electrons. The number of amides is 1. The van der Waals surface area contributed by atoms with Gasteiger partial charge in [0.05, 0.1) is 33.2 Å². The number of nitrogens with one attached hydrogen (secondary N) is 1. The molecule has 2 heterocycles. The van der Waals surface area contributed by atoms with Gasteiger partial charge in [-0.25, -0.2) is 9.50 Å². The minimum Gasteiger partial charge on any atom is -0.493 e. The molecular weight excluding hydrogens is 417 g/mol. The van der Waals surface area contributed by atoms with E-state index in [0.717, 1.165) is 12.3 Å². The fraction of sp³-hybridized carbons (Fsp3) is 0.350. The van der Waals surface area contributed by atoms with Crippen LogP contribution in [0.1, 0.15) is 29.4 Å². The Morgan fingerprint density at radius 3 is 2.26 bits per heavy atom. The van der Waals surface area contributed by atoms with Crippen molar-refractivity contribution in [2.75, 3.05) is 27.9 Å². The van der Waals surface area contributed by atoms with Crippen LogP contribution in [0.2, 0.25) is 0 Å². The van der Waals surface area contributed by atoms with E-state index in [4.69, 9.17) is 14.2 Å². The van der Waals surface area contributed by atoms with Crippen molar-refractivity contribution in [2.45, 2.75) is 19.5 Å². The van der Waals surface area contributed by atoms with Gasteiger partial charge in [-0.1, -0.05) is 6.92 Å². The lowest BCUT2D eigenvalue weighted by Crippen LogP contribution is -2.24. The molecule has 0 fully saturated rings. The number of fused-ring (bicyclic) bond motifs is 1. The third-order valence-corrected chi connectivity index (χ3v) is 4.50. The van der Waals surface area contributed by atoms with E-state index in [1.165, 1.54) is 33.5 Å². The van der Waals surface area contributed by atoms with E-state index >= 15 is 0 Å². The van der Waals surface area contributed by atoms with Crippen molar-refractivity contribution in [3.05, 3.63) is 35.7 Å². The predicted octanol–water partition coefficient (Wildman–Crippen LogP) is 3.58. The van der Waals surface area contributed by atoms with E-state index in [1.807, 2.05) is 6.92 Å². The Kier molecular flexibility index (Phi) is 6.23. The van der Waals surface area contributed by atoms with Crippen molar-refractivity contribution >= 4 is 11.6 Å². The second-order valence-corrected chi connectivity index (χ2v) is 6.49. The highest BCUT2D eigenvalue weighted by Gasteiger charge is 2.36. The molecule has 0 unspecified atom stereocenters. The van der Waals surface area contributed by atoms with Crippen molar-refractivity contribution < 1.29 is 32.2 Å². The first kappa shape index (κ1) is 22.2. The number of benzene rings is 1. The summed E-state index contributed by atoms with van der Waals surface area (Å²) in [6.45, 7) is 2.23. The summed E-state index contributed by atoms with van der Waals surface area (Å²) < 4.78 is 57.8. The van der Waals surface area contributed by atoms with Gasteiger partial charge in [-0.3, -0.25) is 4.79 Å². The van der Waals surface area contributed by atoms with Gasteiger partial charge in [-0.2, -0.15) is 18.3 Å².